The second-order valence-corrected chi connectivity index (χ2v) is 9.15. The van der Waals surface area contributed by atoms with Gasteiger partial charge < -0.3 is 20.7 Å². The summed E-state index contributed by atoms with van der Waals surface area (Å²) in [5.74, 6) is -0.665. The minimum absolute atomic E-state index is 0.149. The first-order valence-electron chi connectivity index (χ1n) is 9.29. The van der Waals surface area contributed by atoms with E-state index in [9.17, 15) is 9.59 Å². The molecule has 1 atom stereocenters. The molecule has 1 rings (SSSR count). The summed E-state index contributed by atoms with van der Waals surface area (Å²) in [6.07, 6.45) is 4.48. The van der Waals surface area contributed by atoms with Crippen molar-refractivity contribution in [1.29, 1.82) is 0 Å². The Morgan fingerprint density at radius 1 is 1.07 bits per heavy atom. The summed E-state index contributed by atoms with van der Waals surface area (Å²) in [4.78, 5) is 23.6. The average Bonchev–Trinajstić information content (AvgIpc) is 2.66. The summed E-state index contributed by atoms with van der Waals surface area (Å²) in [5.41, 5.74) is 1.02. The van der Waals surface area contributed by atoms with E-state index in [2.05, 4.69) is 27.6 Å². The van der Waals surface area contributed by atoms with Crippen LogP contribution in [-0.4, -0.2) is 34.1 Å². The van der Waals surface area contributed by atoms with E-state index in [0.717, 1.165) is 32.1 Å². The number of alkyl halides is 3. The van der Waals surface area contributed by atoms with Crippen LogP contribution in [0.5, 0.6) is 0 Å². The Morgan fingerprint density at radius 2 is 1.69 bits per heavy atom. The monoisotopic (exact) mass is 481 g/mol. The number of benzene rings is 1. The molecule has 0 aliphatic carbocycles. The number of rotatable bonds is 10. The quantitative estimate of drug-likeness (QED) is 0.144. The first-order chi connectivity index (χ1) is 13.7. The third-order valence-corrected chi connectivity index (χ3v) is 4.85. The van der Waals surface area contributed by atoms with Gasteiger partial charge in [-0.15, -0.1) is 0 Å². The molecular formula is C19H26Cl3N3O3S. The van der Waals surface area contributed by atoms with Crippen molar-refractivity contribution in [2.75, 3.05) is 12.4 Å². The standard InChI is InChI=1S/C19H26Cl3N3O3S/c1-3-4-5-6-7-8-15(26)24-17(19(20,21)22)25-18(29)23-14-11-9-13(10-12-14)16(27)28-2/h9-12,17H,3-8H2,1-2H3,(H,24,26)(H2,23,25,29)/t17-/m1/s1. The maximum atomic E-state index is 12.2. The van der Waals surface area contributed by atoms with Crippen molar-refractivity contribution >= 4 is 69.7 Å². The Morgan fingerprint density at radius 3 is 2.24 bits per heavy atom. The molecule has 29 heavy (non-hydrogen) atoms. The SMILES string of the molecule is CCCCCCCC(=O)N[C@H](NC(=S)Nc1ccc(C(=O)OC)cc1)C(Cl)(Cl)Cl. The van der Waals surface area contributed by atoms with Gasteiger partial charge in [-0.2, -0.15) is 0 Å². The van der Waals surface area contributed by atoms with Gasteiger partial charge in [0.1, 0.15) is 6.17 Å². The number of methoxy groups -OCH3 is 1. The van der Waals surface area contributed by atoms with Crippen molar-refractivity contribution in [3.8, 4) is 0 Å². The summed E-state index contributed by atoms with van der Waals surface area (Å²) in [5, 5.41) is 8.52. The van der Waals surface area contributed by atoms with Crippen LogP contribution in [0.1, 0.15) is 55.8 Å². The lowest BCUT2D eigenvalue weighted by Crippen LogP contribution is -2.56. The molecule has 0 fully saturated rings. The first-order valence-corrected chi connectivity index (χ1v) is 10.8. The summed E-state index contributed by atoms with van der Waals surface area (Å²) in [6, 6.07) is 6.48. The minimum Gasteiger partial charge on any atom is -0.465 e. The number of halogens is 3. The second kappa shape index (κ2) is 13.1. The van der Waals surface area contributed by atoms with Crippen molar-refractivity contribution in [2.24, 2.45) is 0 Å². The molecule has 1 amide bonds. The zero-order chi connectivity index (χ0) is 21.9. The molecule has 0 spiro atoms. The fraction of sp³-hybridized carbons (Fsp3) is 0.526. The number of thiocarbonyl (C=S) groups is 1. The Bertz CT molecular complexity index is 682. The molecule has 10 heteroatoms. The molecule has 0 aromatic heterocycles. The van der Waals surface area contributed by atoms with Crippen LogP contribution in [0.3, 0.4) is 0 Å². The summed E-state index contributed by atoms with van der Waals surface area (Å²) < 4.78 is 2.84. The summed E-state index contributed by atoms with van der Waals surface area (Å²) in [6.45, 7) is 2.13. The van der Waals surface area contributed by atoms with Gasteiger partial charge in [-0.25, -0.2) is 4.79 Å². The van der Waals surface area contributed by atoms with Gasteiger partial charge in [0.2, 0.25) is 9.70 Å². The number of hydrogen-bond donors (Lipinski definition) is 3. The van der Waals surface area contributed by atoms with Gasteiger partial charge in [0.05, 0.1) is 12.7 Å². The number of carbonyl (C=O) groups is 2. The number of anilines is 1. The van der Waals surface area contributed by atoms with Crippen molar-refractivity contribution in [1.82, 2.24) is 10.6 Å². The highest BCUT2D eigenvalue weighted by atomic mass is 35.6. The average molecular weight is 483 g/mol. The van der Waals surface area contributed by atoms with E-state index >= 15 is 0 Å². The van der Waals surface area contributed by atoms with Crippen molar-refractivity contribution in [3.63, 3.8) is 0 Å². The Labute approximate surface area is 192 Å². The maximum absolute atomic E-state index is 12.2. The molecule has 0 aliphatic heterocycles. The normalized spacial score (nSPS) is 12.0. The Hall–Kier alpha value is -1.28. The fourth-order valence-corrected chi connectivity index (χ4v) is 2.99. The van der Waals surface area contributed by atoms with Gasteiger partial charge >= 0.3 is 5.97 Å². The lowest BCUT2D eigenvalue weighted by molar-refractivity contribution is -0.122. The number of unbranched alkanes of at least 4 members (excludes halogenated alkanes) is 4. The number of nitrogens with one attached hydrogen (secondary N) is 3. The molecule has 162 valence electrons. The van der Waals surface area contributed by atoms with Crippen LogP contribution in [0.2, 0.25) is 0 Å². The molecule has 3 N–H and O–H groups in total. The third-order valence-electron chi connectivity index (χ3n) is 3.98. The van der Waals surface area contributed by atoms with E-state index in [-0.39, 0.29) is 11.0 Å². The Balaban J connectivity index is 2.58. The van der Waals surface area contributed by atoms with Gasteiger partial charge in [0.25, 0.3) is 0 Å². The molecule has 6 nitrogen and oxygen atoms in total. The van der Waals surface area contributed by atoms with E-state index < -0.39 is 15.9 Å². The van der Waals surface area contributed by atoms with Crippen LogP contribution in [0, 0.1) is 0 Å². The third kappa shape index (κ3) is 10.3. The van der Waals surface area contributed by atoms with E-state index in [1.807, 2.05) is 0 Å². The lowest BCUT2D eigenvalue weighted by Gasteiger charge is -2.27. The summed E-state index contributed by atoms with van der Waals surface area (Å²) >= 11 is 23.2. The number of amides is 1. The van der Waals surface area contributed by atoms with E-state index in [4.69, 9.17) is 47.0 Å². The molecule has 0 aliphatic rings. The number of esters is 1. The zero-order valence-electron chi connectivity index (χ0n) is 16.4. The van der Waals surface area contributed by atoms with Crippen LogP contribution in [0.15, 0.2) is 24.3 Å². The van der Waals surface area contributed by atoms with E-state index in [0.29, 0.717) is 17.7 Å². The van der Waals surface area contributed by atoms with Gasteiger partial charge in [-0.05, 0) is 42.9 Å². The highest BCUT2D eigenvalue weighted by molar-refractivity contribution is 7.80. The van der Waals surface area contributed by atoms with Gasteiger partial charge in [-0.3, -0.25) is 4.79 Å². The minimum atomic E-state index is -1.81. The predicted octanol–water partition coefficient (Wildman–Crippen LogP) is 4.93. The molecule has 0 bridgehead atoms. The molecule has 0 radical (unpaired) electrons. The topological polar surface area (TPSA) is 79.5 Å². The molecule has 0 saturated carbocycles. The van der Waals surface area contributed by atoms with Crippen molar-refractivity contribution in [2.45, 2.75) is 55.4 Å². The lowest BCUT2D eigenvalue weighted by atomic mass is 10.1. The van der Waals surface area contributed by atoms with Crippen molar-refractivity contribution < 1.29 is 14.3 Å². The number of hydrogen-bond acceptors (Lipinski definition) is 4. The maximum Gasteiger partial charge on any atom is 0.337 e. The van der Waals surface area contributed by atoms with E-state index in [1.165, 1.54) is 7.11 Å². The second-order valence-electron chi connectivity index (χ2n) is 6.37. The molecule has 1 aromatic rings. The Kier molecular flexibility index (Phi) is 11.6. The van der Waals surface area contributed by atoms with Gasteiger partial charge in [0.15, 0.2) is 5.11 Å². The summed E-state index contributed by atoms with van der Waals surface area (Å²) in [7, 11) is 1.31. The fourth-order valence-electron chi connectivity index (χ4n) is 2.43. The van der Waals surface area contributed by atoms with Crippen molar-refractivity contribution in [3.05, 3.63) is 29.8 Å². The van der Waals surface area contributed by atoms with Crippen LogP contribution in [-0.2, 0) is 9.53 Å². The van der Waals surface area contributed by atoms with Crippen LogP contribution >= 0.6 is 47.0 Å². The molecule has 0 heterocycles. The van der Waals surface area contributed by atoms with Crippen LogP contribution < -0.4 is 16.0 Å². The largest absolute Gasteiger partial charge is 0.465 e. The van der Waals surface area contributed by atoms with Crippen LogP contribution in [0.4, 0.5) is 5.69 Å². The number of carbonyl (C=O) groups excluding carboxylic acids is 2. The molecular weight excluding hydrogens is 457 g/mol. The molecule has 1 aromatic carbocycles. The molecule has 0 unspecified atom stereocenters. The first kappa shape index (κ1) is 25.8. The highest BCUT2D eigenvalue weighted by Crippen LogP contribution is 2.29. The van der Waals surface area contributed by atoms with Gasteiger partial charge in [0, 0.05) is 12.1 Å². The van der Waals surface area contributed by atoms with Gasteiger partial charge in [-0.1, -0.05) is 67.4 Å². The highest BCUT2D eigenvalue weighted by Gasteiger charge is 2.34. The zero-order valence-corrected chi connectivity index (χ0v) is 19.5. The smallest absolute Gasteiger partial charge is 0.337 e. The predicted molar refractivity (Wildman–Crippen MR) is 123 cm³/mol. The van der Waals surface area contributed by atoms with Crippen LogP contribution in [0.25, 0.3) is 0 Å². The molecule has 0 saturated heterocycles. The van der Waals surface area contributed by atoms with E-state index in [1.54, 1.807) is 24.3 Å². The number of ether oxygens (including phenoxy) is 1.